The molecule has 0 aliphatic heterocycles. The summed E-state index contributed by atoms with van der Waals surface area (Å²) in [6.45, 7) is 2.75. The first-order valence-corrected chi connectivity index (χ1v) is 4.21. The number of likely N-dealkylation sites (N-methyl/N-ethyl adjacent to an activating group) is 1. The Kier molecular flexibility index (Phi) is 6.06. The molecule has 0 aromatic rings. The molecule has 0 fully saturated rings. The highest BCUT2D eigenvalue weighted by molar-refractivity contribution is 5.14. The van der Waals surface area contributed by atoms with Crippen LogP contribution in [-0.2, 0) is 9.47 Å². The summed E-state index contributed by atoms with van der Waals surface area (Å²) in [5.74, 6) is 1.67. The van der Waals surface area contributed by atoms with Crippen LogP contribution >= 0.6 is 0 Å². The molecule has 13 heavy (non-hydrogen) atoms. The third-order valence-electron chi connectivity index (χ3n) is 1.56. The molecule has 0 amide bonds. The number of rotatable bonds is 5. The molecular weight excluding hydrogens is 166 g/mol. The van der Waals surface area contributed by atoms with E-state index >= 15 is 0 Å². The van der Waals surface area contributed by atoms with Crippen LogP contribution < -0.4 is 0 Å². The molecular formula is C10H19NO2. The van der Waals surface area contributed by atoms with E-state index in [1.165, 1.54) is 0 Å². The zero-order valence-corrected chi connectivity index (χ0v) is 9.13. The van der Waals surface area contributed by atoms with Gasteiger partial charge in [-0.15, -0.1) is 0 Å². The Labute approximate surface area is 80.6 Å². The molecule has 0 radical (unpaired) electrons. The molecule has 0 atom stereocenters. The first-order chi connectivity index (χ1) is 6.10. The normalized spacial score (nSPS) is 13.4. The average molecular weight is 185 g/mol. The van der Waals surface area contributed by atoms with Crippen LogP contribution in [-0.4, -0.2) is 39.8 Å². The van der Waals surface area contributed by atoms with E-state index in [4.69, 9.17) is 9.47 Å². The molecule has 0 bridgehead atoms. The SMILES string of the molecule is CO/C(C)=C\C(=C\CN(C)C)OC. The van der Waals surface area contributed by atoms with Crippen molar-refractivity contribution in [2.45, 2.75) is 6.92 Å². The van der Waals surface area contributed by atoms with E-state index in [2.05, 4.69) is 4.90 Å². The van der Waals surface area contributed by atoms with Gasteiger partial charge in [0.2, 0.25) is 0 Å². The fourth-order valence-electron chi connectivity index (χ4n) is 0.733. The number of hydrogen-bond acceptors (Lipinski definition) is 3. The molecule has 0 N–H and O–H groups in total. The predicted molar refractivity (Wildman–Crippen MR) is 54.4 cm³/mol. The van der Waals surface area contributed by atoms with E-state index in [1.807, 2.05) is 33.2 Å². The Bertz CT molecular complexity index is 195. The summed E-state index contributed by atoms with van der Waals surface area (Å²) in [6.07, 6.45) is 3.87. The van der Waals surface area contributed by atoms with Crippen molar-refractivity contribution in [3.63, 3.8) is 0 Å². The van der Waals surface area contributed by atoms with Crippen LogP contribution in [0.3, 0.4) is 0 Å². The monoisotopic (exact) mass is 185 g/mol. The van der Waals surface area contributed by atoms with Crippen LogP contribution in [0.4, 0.5) is 0 Å². The molecule has 0 heterocycles. The van der Waals surface area contributed by atoms with Gasteiger partial charge in [-0.2, -0.15) is 0 Å². The second kappa shape index (κ2) is 6.54. The van der Waals surface area contributed by atoms with Crippen molar-refractivity contribution in [1.29, 1.82) is 0 Å². The number of methoxy groups -OCH3 is 2. The number of allylic oxidation sites excluding steroid dienone is 2. The van der Waals surface area contributed by atoms with E-state index in [1.54, 1.807) is 14.2 Å². The molecule has 3 heteroatoms. The molecule has 0 aliphatic carbocycles. The van der Waals surface area contributed by atoms with Crippen LogP contribution in [0.2, 0.25) is 0 Å². The van der Waals surface area contributed by atoms with E-state index in [9.17, 15) is 0 Å². The van der Waals surface area contributed by atoms with Crippen molar-refractivity contribution < 1.29 is 9.47 Å². The molecule has 0 aromatic heterocycles. The highest BCUT2D eigenvalue weighted by Gasteiger charge is 1.93. The highest BCUT2D eigenvalue weighted by atomic mass is 16.5. The summed E-state index contributed by atoms with van der Waals surface area (Å²) in [5.41, 5.74) is 0. The second-order valence-corrected chi connectivity index (χ2v) is 3.03. The van der Waals surface area contributed by atoms with E-state index in [0.29, 0.717) is 0 Å². The zero-order chi connectivity index (χ0) is 10.3. The van der Waals surface area contributed by atoms with Crippen molar-refractivity contribution in [3.8, 4) is 0 Å². The van der Waals surface area contributed by atoms with Gasteiger partial charge in [0.1, 0.15) is 5.76 Å². The molecule has 0 unspecified atom stereocenters. The van der Waals surface area contributed by atoms with Crippen molar-refractivity contribution in [1.82, 2.24) is 4.90 Å². The van der Waals surface area contributed by atoms with E-state index in [0.717, 1.165) is 18.1 Å². The summed E-state index contributed by atoms with van der Waals surface area (Å²) >= 11 is 0. The smallest absolute Gasteiger partial charge is 0.119 e. The lowest BCUT2D eigenvalue weighted by atomic mass is 10.3. The van der Waals surface area contributed by atoms with Crippen molar-refractivity contribution in [2.24, 2.45) is 0 Å². The molecule has 0 spiro atoms. The van der Waals surface area contributed by atoms with E-state index in [-0.39, 0.29) is 0 Å². The number of hydrogen-bond donors (Lipinski definition) is 0. The summed E-state index contributed by atoms with van der Waals surface area (Å²) < 4.78 is 10.2. The highest BCUT2D eigenvalue weighted by Crippen LogP contribution is 2.03. The lowest BCUT2D eigenvalue weighted by molar-refractivity contribution is 0.275. The van der Waals surface area contributed by atoms with Gasteiger partial charge in [-0.05, 0) is 27.1 Å². The largest absolute Gasteiger partial charge is 0.501 e. The molecule has 0 aliphatic rings. The maximum Gasteiger partial charge on any atom is 0.119 e. The average Bonchev–Trinajstić information content (AvgIpc) is 2.11. The van der Waals surface area contributed by atoms with Gasteiger partial charge in [-0.1, -0.05) is 0 Å². The lowest BCUT2D eigenvalue weighted by Crippen LogP contribution is -2.11. The minimum Gasteiger partial charge on any atom is -0.501 e. The van der Waals surface area contributed by atoms with Gasteiger partial charge in [0, 0.05) is 12.6 Å². The summed E-state index contributed by atoms with van der Waals surface area (Å²) in [4.78, 5) is 2.06. The molecule has 0 aromatic carbocycles. The van der Waals surface area contributed by atoms with Crippen LogP contribution in [0.5, 0.6) is 0 Å². The second-order valence-electron chi connectivity index (χ2n) is 3.03. The number of nitrogens with zero attached hydrogens (tertiary/aromatic N) is 1. The predicted octanol–water partition coefficient (Wildman–Crippen LogP) is 1.63. The molecule has 0 saturated carbocycles. The van der Waals surface area contributed by atoms with Crippen molar-refractivity contribution in [2.75, 3.05) is 34.9 Å². The Morgan fingerprint density at radius 3 is 2.23 bits per heavy atom. The van der Waals surface area contributed by atoms with Gasteiger partial charge in [-0.25, -0.2) is 0 Å². The van der Waals surface area contributed by atoms with Gasteiger partial charge < -0.3 is 14.4 Å². The third-order valence-corrected chi connectivity index (χ3v) is 1.56. The van der Waals surface area contributed by atoms with Gasteiger partial charge in [0.15, 0.2) is 0 Å². The van der Waals surface area contributed by atoms with Crippen molar-refractivity contribution >= 4 is 0 Å². The zero-order valence-electron chi connectivity index (χ0n) is 9.13. The Balaban J connectivity index is 4.24. The fraction of sp³-hybridized carbons (Fsp3) is 0.600. The van der Waals surface area contributed by atoms with Gasteiger partial charge in [0.25, 0.3) is 0 Å². The van der Waals surface area contributed by atoms with Gasteiger partial charge in [0.05, 0.1) is 20.0 Å². The topological polar surface area (TPSA) is 21.7 Å². The van der Waals surface area contributed by atoms with Gasteiger partial charge in [-0.3, -0.25) is 0 Å². The molecule has 3 nitrogen and oxygen atoms in total. The van der Waals surface area contributed by atoms with E-state index < -0.39 is 0 Å². The standard InChI is InChI=1S/C10H19NO2/c1-9(12-4)8-10(13-5)6-7-11(2)3/h6,8H,7H2,1-5H3/b9-8-,10-6-. The lowest BCUT2D eigenvalue weighted by Gasteiger charge is -2.07. The first-order valence-electron chi connectivity index (χ1n) is 4.21. The maximum atomic E-state index is 5.15. The summed E-state index contributed by atoms with van der Waals surface area (Å²) in [6, 6.07) is 0. The Hall–Kier alpha value is -0.960. The van der Waals surface area contributed by atoms with Crippen LogP contribution in [0.1, 0.15) is 6.92 Å². The summed E-state index contributed by atoms with van der Waals surface area (Å²) in [5, 5.41) is 0. The minimum absolute atomic E-state index is 0.827. The maximum absolute atomic E-state index is 5.15. The fourth-order valence-corrected chi connectivity index (χ4v) is 0.733. The first kappa shape index (κ1) is 12.0. The number of ether oxygens (including phenoxy) is 2. The molecule has 0 rings (SSSR count). The van der Waals surface area contributed by atoms with Gasteiger partial charge >= 0.3 is 0 Å². The molecule has 0 saturated heterocycles. The Morgan fingerprint density at radius 1 is 1.23 bits per heavy atom. The molecule has 76 valence electrons. The quantitative estimate of drug-likeness (QED) is 0.480. The van der Waals surface area contributed by atoms with Crippen LogP contribution in [0, 0.1) is 0 Å². The minimum atomic E-state index is 0.827. The van der Waals surface area contributed by atoms with Crippen molar-refractivity contribution in [3.05, 3.63) is 23.7 Å². The van der Waals surface area contributed by atoms with Crippen LogP contribution in [0.15, 0.2) is 23.7 Å². The third kappa shape index (κ3) is 6.22. The van der Waals surface area contributed by atoms with Crippen LogP contribution in [0.25, 0.3) is 0 Å². The Morgan fingerprint density at radius 2 is 1.85 bits per heavy atom. The summed E-state index contributed by atoms with van der Waals surface area (Å²) in [7, 11) is 7.32.